The van der Waals surface area contributed by atoms with E-state index >= 15 is 0 Å². The van der Waals surface area contributed by atoms with E-state index in [-0.39, 0.29) is 5.91 Å². The lowest BCUT2D eigenvalue weighted by atomic mass is 10.2. The van der Waals surface area contributed by atoms with Gasteiger partial charge in [0.1, 0.15) is 0 Å². The Morgan fingerprint density at radius 1 is 1.26 bits per heavy atom. The van der Waals surface area contributed by atoms with Gasteiger partial charge in [-0.15, -0.1) is 10.2 Å². The SMILES string of the molecule is CCNC(=O)NC(=O)[C@H](C)Sc1nnc(-c2ccccc2)n1C. The molecule has 0 aliphatic carbocycles. The summed E-state index contributed by atoms with van der Waals surface area (Å²) in [4.78, 5) is 23.4. The van der Waals surface area contributed by atoms with E-state index in [1.54, 1.807) is 13.8 Å². The van der Waals surface area contributed by atoms with Gasteiger partial charge in [-0.25, -0.2) is 4.79 Å². The molecule has 7 nitrogen and oxygen atoms in total. The highest BCUT2D eigenvalue weighted by atomic mass is 32.2. The average Bonchev–Trinajstić information content (AvgIpc) is 2.89. The summed E-state index contributed by atoms with van der Waals surface area (Å²) in [5.41, 5.74) is 0.953. The van der Waals surface area contributed by atoms with Crippen molar-refractivity contribution in [3.8, 4) is 11.4 Å². The van der Waals surface area contributed by atoms with Crippen LogP contribution in [0.4, 0.5) is 4.79 Å². The van der Waals surface area contributed by atoms with Crippen LogP contribution < -0.4 is 10.6 Å². The van der Waals surface area contributed by atoms with Crippen molar-refractivity contribution in [3.05, 3.63) is 30.3 Å². The Labute approximate surface area is 138 Å². The fraction of sp³-hybridized carbons (Fsp3) is 0.333. The summed E-state index contributed by atoms with van der Waals surface area (Å²) in [5, 5.41) is 13.3. The molecule has 0 spiro atoms. The maximum Gasteiger partial charge on any atom is 0.321 e. The second kappa shape index (κ2) is 7.77. The monoisotopic (exact) mass is 333 g/mol. The molecule has 0 fully saturated rings. The van der Waals surface area contributed by atoms with Crippen molar-refractivity contribution >= 4 is 23.7 Å². The van der Waals surface area contributed by atoms with Crippen LogP contribution >= 0.6 is 11.8 Å². The van der Waals surface area contributed by atoms with E-state index in [4.69, 9.17) is 0 Å². The molecule has 2 rings (SSSR count). The van der Waals surface area contributed by atoms with Gasteiger partial charge >= 0.3 is 6.03 Å². The zero-order valence-corrected chi connectivity index (χ0v) is 14.1. The first kappa shape index (κ1) is 17.0. The number of hydrogen-bond donors (Lipinski definition) is 2. The van der Waals surface area contributed by atoms with Gasteiger partial charge in [0.05, 0.1) is 5.25 Å². The summed E-state index contributed by atoms with van der Waals surface area (Å²) in [6, 6.07) is 9.20. The highest BCUT2D eigenvalue weighted by molar-refractivity contribution is 8.00. The minimum atomic E-state index is -0.493. The molecule has 8 heteroatoms. The maximum atomic E-state index is 12.0. The number of nitrogens with zero attached hydrogens (tertiary/aromatic N) is 3. The predicted molar refractivity (Wildman–Crippen MR) is 89.0 cm³/mol. The van der Waals surface area contributed by atoms with Gasteiger partial charge in [0.15, 0.2) is 11.0 Å². The lowest BCUT2D eigenvalue weighted by Crippen LogP contribution is -2.42. The third-order valence-corrected chi connectivity index (χ3v) is 4.23. The molecule has 1 atom stereocenters. The third kappa shape index (κ3) is 4.32. The first-order valence-electron chi connectivity index (χ1n) is 7.23. The van der Waals surface area contributed by atoms with E-state index in [1.165, 1.54) is 11.8 Å². The second-order valence-electron chi connectivity index (χ2n) is 4.84. The van der Waals surface area contributed by atoms with Gasteiger partial charge in [-0.2, -0.15) is 0 Å². The van der Waals surface area contributed by atoms with E-state index < -0.39 is 11.3 Å². The number of carbonyl (C=O) groups is 2. The van der Waals surface area contributed by atoms with Crippen molar-refractivity contribution < 1.29 is 9.59 Å². The summed E-state index contributed by atoms with van der Waals surface area (Å²) in [5.74, 6) is 0.356. The molecular formula is C15H19N5O2S. The average molecular weight is 333 g/mol. The number of hydrogen-bond acceptors (Lipinski definition) is 5. The Kier molecular flexibility index (Phi) is 5.75. The van der Waals surface area contributed by atoms with Crippen LogP contribution in [-0.2, 0) is 11.8 Å². The molecule has 3 amide bonds. The molecule has 1 heterocycles. The van der Waals surface area contributed by atoms with Crippen molar-refractivity contribution in [2.24, 2.45) is 7.05 Å². The largest absolute Gasteiger partial charge is 0.338 e. The molecule has 1 aromatic carbocycles. The van der Waals surface area contributed by atoms with Crippen LogP contribution in [-0.4, -0.2) is 38.5 Å². The molecule has 0 bridgehead atoms. The van der Waals surface area contributed by atoms with Crippen LogP contribution in [0.2, 0.25) is 0 Å². The third-order valence-electron chi connectivity index (χ3n) is 3.09. The number of thioether (sulfide) groups is 1. The molecule has 0 unspecified atom stereocenters. The van der Waals surface area contributed by atoms with Crippen LogP contribution in [0, 0.1) is 0 Å². The van der Waals surface area contributed by atoms with Gasteiger partial charge in [-0.1, -0.05) is 42.1 Å². The molecule has 0 saturated heterocycles. The molecule has 0 aliphatic heterocycles. The Hall–Kier alpha value is -2.35. The molecule has 2 aromatic rings. The molecule has 0 aliphatic rings. The van der Waals surface area contributed by atoms with Crippen LogP contribution in [0.25, 0.3) is 11.4 Å². The second-order valence-corrected chi connectivity index (χ2v) is 6.15. The van der Waals surface area contributed by atoms with E-state index in [2.05, 4.69) is 20.8 Å². The maximum absolute atomic E-state index is 12.0. The lowest BCUT2D eigenvalue weighted by molar-refractivity contribution is -0.119. The van der Waals surface area contributed by atoms with Gasteiger partial charge in [0.25, 0.3) is 0 Å². The minimum absolute atomic E-state index is 0.370. The van der Waals surface area contributed by atoms with Gasteiger partial charge in [-0.05, 0) is 13.8 Å². The summed E-state index contributed by atoms with van der Waals surface area (Å²) in [6.45, 7) is 3.97. The molecule has 23 heavy (non-hydrogen) atoms. The van der Waals surface area contributed by atoms with E-state index in [0.29, 0.717) is 11.7 Å². The smallest absolute Gasteiger partial charge is 0.321 e. The number of nitrogens with one attached hydrogen (secondary N) is 2. The normalized spacial score (nSPS) is 11.8. The zero-order valence-electron chi connectivity index (χ0n) is 13.2. The fourth-order valence-electron chi connectivity index (χ4n) is 1.89. The predicted octanol–water partition coefficient (Wildman–Crippen LogP) is 1.81. The standard InChI is InChI=1S/C15H19N5O2S/c1-4-16-14(22)17-13(21)10(2)23-15-19-18-12(20(15)3)11-8-6-5-7-9-11/h5-10H,4H2,1-3H3,(H2,16,17,21,22)/t10-/m0/s1. The summed E-state index contributed by atoms with van der Waals surface area (Å²) in [6.07, 6.45) is 0. The van der Waals surface area contributed by atoms with Crippen LogP contribution in [0.3, 0.4) is 0 Å². The van der Waals surface area contributed by atoms with Gasteiger partial charge in [-0.3, -0.25) is 10.1 Å². The quantitative estimate of drug-likeness (QED) is 0.815. The number of amides is 3. The number of carbonyl (C=O) groups excluding carboxylic acids is 2. The van der Waals surface area contributed by atoms with Crippen molar-refractivity contribution in [3.63, 3.8) is 0 Å². The zero-order chi connectivity index (χ0) is 16.8. The molecular weight excluding hydrogens is 314 g/mol. The van der Waals surface area contributed by atoms with Gasteiger partial charge in [0, 0.05) is 19.2 Å². The van der Waals surface area contributed by atoms with E-state index in [9.17, 15) is 9.59 Å². The molecule has 0 saturated carbocycles. The first-order valence-corrected chi connectivity index (χ1v) is 8.11. The number of urea groups is 1. The van der Waals surface area contributed by atoms with Crippen molar-refractivity contribution in [1.29, 1.82) is 0 Å². The minimum Gasteiger partial charge on any atom is -0.338 e. The summed E-state index contributed by atoms with van der Waals surface area (Å²) in [7, 11) is 1.85. The highest BCUT2D eigenvalue weighted by Crippen LogP contribution is 2.25. The van der Waals surface area contributed by atoms with Crippen LogP contribution in [0.5, 0.6) is 0 Å². The Bertz CT molecular complexity index is 686. The van der Waals surface area contributed by atoms with Crippen LogP contribution in [0.15, 0.2) is 35.5 Å². The van der Waals surface area contributed by atoms with Gasteiger partial charge < -0.3 is 9.88 Å². The fourth-order valence-corrected chi connectivity index (χ4v) is 2.70. The number of aromatic nitrogens is 3. The Morgan fingerprint density at radius 2 is 1.96 bits per heavy atom. The van der Waals surface area contributed by atoms with Crippen molar-refractivity contribution in [2.45, 2.75) is 24.3 Å². The summed E-state index contributed by atoms with van der Waals surface area (Å²) >= 11 is 1.25. The van der Waals surface area contributed by atoms with Crippen LogP contribution in [0.1, 0.15) is 13.8 Å². The van der Waals surface area contributed by atoms with E-state index in [1.807, 2.05) is 41.9 Å². The van der Waals surface area contributed by atoms with Crippen molar-refractivity contribution in [2.75, 3.05) is 6.54 Å². The molecule has 1 aromatic heterocycles. The summed E-state index contributed by atoms with van der Waals surface area (Å²) < 4.78 is 1.83. The lowest BCUT2D eigenvalue weighted by Gasteiger charge is -2.11. The highest BCUT2D eigenvalue weighted by Gasteiger charge is 2.20. The number of benzene rings is 1. The number of rotatable bonds is 5. The van der Waals surface area contributed by atoms with Gasteiger partial charge in [0.2, 0.25) is 5.91 Å². The Morgan fingerprint density at radius 3 is 2.61 bits per heavy atom. The molecule has 2 N–H and O–H groups in total. The van der Waals surface area contributed by atoms with E-state index in [0.717, 1.165) is 11.4 Å². The Balaban J connectivity index is 2.05. The number of imide groups is 1. The molecule has 122 valence electrons. The topological polar surface area (TPSA) is 88.9 Å². The molecule has 0 radical (unpaired) electrons. The van der Waals surface area contributed by atoms with Crippen molar-refractivity contribution in [1.82, 2.24) is 25.4 Å². The first-order chi connectivity index (χ1) is 11.0.